The quantitative estimate of drug-likeness (QED) is 0.450. The number of aryl methyl sites for hydroxylation is 1. The van der Waals surface area contributed by atoms with Crippen LogP contribution in [0.25, 0.3) is 5.76 Å². The number of hydrogen-bond acceptors (Lipinski definition) is 5. The maximum atomic E-state index is 13.0. The molecule has 0 aromatic heterocycles. The smallest absolute Gasteiger partial charge is 0.295 e. The van der Waals surface area contributed by atoms with Gasteiger partial charge in [-0.25, -0.2) is 0 Å². The topological polar surface area (TPSA) is 87.1 Å². The fourth-order valence-corrected chi connectivity index (χ4v) is 4.17. The molecule has 2 aromatic rings. The highest BCUT2D eigenvalue weighted by Crippen LogP contribution is 2.40. The number of aliphatic hydroxyl groups excluding tert-OH is 1. The van der Waals surface area contributed by atoms with Crippen LogP contribution in [0.4, 0.5) is 0 Å². The second-order valence-electron chi connectivity index (χ2n) is 7.73. The maximum Gasteiger partial charge on any atom is 0.295 e. The Hall–Kier alpha value is -3.12. The Morgan fingerprint density at radius 2 is 1.93 bits per heavy atom. The van der Waals surface area contributed by atoms with E-state index < -0.39 is 17.7 Å². The monoisotopic (exact) mass is 407 g/mol. The Morgan fingerprint density at radius 1 is 1.17 bits per heavy atom. The Labute approximate surface area is 175 Å². The van der Waals surface area contributed by atoms with Crippen LogP contribution in [-0.2, 0) is 20.7 Å². The minimum atomic E-state index is -0.785. The molecular formula is C24H25NO5. The predicted octanol–water partition coefficient (Wildman–Crippen LogP) is 3.56. The molecule has 6 nitrogen and oxygen atoms in total. The van der Waals surface area contributed by atoms with E-state index in [0.29, 0.717) is 17.7 Å². The molecule has 2 aromatic carbocycles. The average Bonchev–Trinajstić information content (AvgIpc) is 3.36. The summed E-state index contributed by atoms with van der Waals surface area (Å²) in [7, 11) is 0. The lowest BCUT2D eigenvalue weighted by Gasteiger charge is -2.27. The Bertz CT molecular complexity index is 989. The van der Waals surface area contributed by atoms with Crippen LogP contribution in [0.5, 0.6) is 5.75 Å². The van der Waals surface area contributed by atoms with Gasteiger partial charge in [0.1, 0.15) is 11.5 Å². The SMILES string of the molecule is CCc1ccc(/C(O)=C2/C(=O)C(=O)N(CC3CCCO3)C2c2cccc(O)c2)cc1. The van der Waals surface area contributed by atoms with Crippen molar-refractivity contribution in [3.63, 3.8) is 0 Å². The highest BCUT2D eigenvalue weighted by molar-refractivity contribution is 6.46. The third kappa shape index (κ3) is 3.71. The van der Waals surface area contributed by atoms with E-state index in [1.165, 1.54) is 17.0 Å². The molecule has 4 rings (SSSR count). The van der Waals surface area contributed by atoms with Crippen molar-refractivity contribution in [2.45, 2.75) is 38.3 Å². The first kappa shape index (κ1) is 20.2. The number of ketones is 1. The number of benzene rings is 2. The van der Waals surface area contributed by atoms with Crippen molar-refractivity contribution in [2.24, 2.45) is 0 Å². The normalized spacial score (nSPS) is 23.3. The summed E-state index contributed by atoms with van der Waals surface area (Å²) in [6, 6.07) is 12.9. The summed E-state index contributed by atoms with van der Waals surface area (Å²) < 4.78 is 5.68. The van der Waals surface area contributed by atoms with Gasteiger partial charge in [0.25, 0.3) is 11.7 Å². The second-order valence-corrected chi connectivity index (χ2v) is 7.73. The Balaban J connectivity index is 1.81. The van der Waals surface area contributed by atoms with E-state index >= 15 is 0 Å². The third-order valence-electron chi connectivity index (χ3n) is 5.79. The van der Waals surface area contributed by atoms with Gasteiger partial charge in [-0.05, 0) is 42.5 Å². The molecule has 2 aliphatic rings. The number of rotatable bonds is 5. The molecule has 0 saturated carbocycles. The van der Waals surface area contributed by atoms with E-state index in [-0.39, 0.29) is 29.7 Å². The first-order valence-electron chi connectivity index (χ1n) is 10.3. The highest BCUT2D eigenvalue weighted by Gasteiger charge is 2.47. The van der Waals surface area contributed by atoms with Crippen LogP contribution in [0.3, 0.4) is 0 Å². The zero-order valence-corrected chi connectivity index (χ0v) is 16.9. The molecule has 2 unspecified atom stereocenters. The third-order valence-corrected chi connectivity index (χ3v) is 5.79. The van der Waals surface area contributed by atoms with Gasteiger partial charge in [-0.2, -0.15) is 0 Å². The largest absolute Gasteiger partial charge is 0.508 e. The van der Waals surface area contributed by atoms with Gasteiger partial charge in [-0.3, -0.25) is 9.59 Å². The van der Waals surface area contributed by atoms with Crippen molar-refractivity contribution in [3.8, 4) is 5.75 Å². The summed E-state index contributed by atoms with van der Waals surface area (Å²) in [6.07, 6.45) is 2.44. The van der Waals surface area contributed by atoms with E-state index in [0.717, 1.165) is 24.8 Å². The van der Waals surface area contributed by atoms with Crippen LogP contribution < -0.4 is 0 Å². The van der Waals surface area contributed by atoms with Gasteiger partial charge in [-0.1, -0.05) is 43.3 Å². The molecule has 2 fully saturated rings. The van der Waals surface area contributed by atoms with Crippen LogP contribution in [0.15, 0.2) is 54.1 Å². The van der Waals surface area contributed by atoms with E-state index in [4.69, 9.17) is 4.74 Å². The van der Waals surface area contributed by atoms with Crippen molar-refractivity contribution in [1.82, 2.24) is 4.90 Å². The van der Waals surface area contributed by atoms with Crippen molar-refractivity contribution in [1.29, 1.82) is 0 Å². The van der Waals surface area contributed by atoms with E-state index in [2.05, 4.69) is 0 Å². The number of carbonyl (C=O) groups excluding carboxylic acids is 2. The number of phenolic OH excluding ortho intramolecular Hbond substituents is 1. The molecule has 0 radical (unpaired) electrons. The molecule has 2 N–H and O–H groups in total. The average molecular weight is 407 g/mol. The van der Waals surface area contributed by atoms with Crippen LogP contribution in [0.2, 0.25) is 0 Å². The minimum absolute atomic E-state index is 0.0301. The van der Waals surface area contributed by atoms with Crippen LogP contribution in [-0.4, -0.2) is 46.1 Å². The number of Topliss-reactive ketones (excluding diaryl/α,β-unsaturated/α-hetero) is 1. The lowest BCUT2D eigenvalue weighted by Crippen LogP contribution is -2.36. The first-order valence-corrected chi connectivity index (χ1v) is 10.3. The number of phenols is 1. The number of amides is 1. The lowest BCUT2D eigenvalue weighted by atomic mass is 9.94. The van der Waals surface area contributed by atoms with Gasteiger partial charge in [-0.15, -0.1) is 0 Å². The zero-order valence-electron chi connectivity index (χ0n) is 16.9. The standard InChI is InChI=1S/C24H25NO5/c1-2-15-8-10-16(11-9-15)22(27)20-21(17-5-3-6-18(26)13-17)25(24(29)23(20)28)14-19-7-4-12-30-19/h3,5-6,8-11,13,19,21,26-27H,2,4,7,12,14H2,1H3/b22-20-. The number of aromatic hydroxyl groups is 1. The molecule has 0 aliphatic carbocycles. The van der Waals surface area contributed by atoms with E-state index in [1.807, 2.05) is 19.1 Å². The number of likely N-dealkylation sites (tertiary alicyclic amines) is 1. The maximum absolute atomic E-state index is 13.0. The molecule has 30 heavy (non-hydrogen) atoms. The molecule has 2 aliphatic heterocycles. The van der Waals surface area contributed by atoms with Crippen LogP contribution in [0.1, 0.15) is 42.5 Å². The van der Waals surface area contributed by atoms with Crippen molar-refractivity contribution in [3.05, 3.63) is 70.8 Å². The Morgan fingerprint density at radius 3 is 2.57 bits per heavy atom. The van der Waals surface area contributed by atoms with E-state index in [9.17, 15) is 19.8 Å². The van der Waals surface area contributed by atoms with Gasteiger partial charge in [0.2, 0.25) is 0 Å². The van der Waals surface area contributed by atoms with Crippen LogP contribution in [0, 0.1) is 0 Å². The van der Waals surface area contributed by atoms with Crippen molar-refractivity contribution >= 4 is 17.4 Å². The summed E-state index contributed by atoms with van der Waals surface area (Å²) in [5.74, 6) is -1.56. The fourth-order valence-electron chi connectivity index (χ4n) is 4.17. The van der Waals surface area contributed by atoms with Gasteiger partial charge in [0.05, 0.1) is 17.7 Å². The number of aliphatic hydroxyl groups is 1. The summed E-state index contributed by atoms with van der Waals surface area (Å²) in [5, 5.41) is 21.0. The molecule has 2 heterocycles. The van der Waals surface area contributed by atoms with Gasteiger partial charge < -0.3 is 19.8 Å². The molecule has 156 valence electrons. The molecule has 0 spiro atoms. The van der Waals surface area contributed by atoms with Gasteiger partial charge >= 0.3 is 0 Å². The van der Waals surface area contributed by atoms with Crippen LogP contribution >= 0.6 is 0 Å². The molecule has 2 saturated heterocycles. The fraction of sp³-hybridized carbons (Fsp3) is 0.333. The summed E-state index contributed by atoms with van der Waals surface area (Å²) in [6.45, 7) is 2.93. The zero-order chi connectivity index (χ0) is 21.3. The minimum Gasteiger partial charge on any atom is -0.508 e. The first-order chi connectivity index (χ1) is 14.5. The van der Waals surface area contributed by atoms with Crippen molar-refractivity contribution < 1.29 is 24.5 Å². The van der Waals surface area contributed by atoms with Gasteiger partial charge in [0, 0.05) is 18.7 Å². The molecule has 2 atom stereocenters. The number of hydrogen-bond donors (Lipinski definition) is 2. The second kappa shape index (κ2) is 8.32. The predicted molar refractivity (Wildman–Crippen MR) is 112 cm³/mol. The molecule has 6 heteroatoms. The van der Waals surface area contributed by atoms with Gasteiger partial charge in [0.15, 0.2) is 0 Å². The molecular weight excluding hydrogens is 382 g/mol. The summed E-state index contributed by atoms with van der Waals surface area (Å²) in [4.78, 5) is 27.4. The van der Waals surface area contributed by atoms with E-state index in [1.54, 1.807) is 24.3 Å². The summed E-state index contributed by atoms with van der Waals surface area (Å²) >= 11 is 0. The summed E-state index contributed by atoms with van der Waals surface area (Å²) in [5.41, 5.74) is 2.19. The lowest BCUT2D eigenvalue weighted by molar-refractivity contribution is -0.140. The molecule has 0 bridgehead atoms. The molecule has 1 amide bonds. The van der Waals surface area contributed by atoms with Crippen molar-refractivity contribution in [2.75, 3.05) is 13.2 Å². The number of carbonyl (C=O) groups is 2. The Kier molecular flexibility index (Phi) is 5.59. The highest BCUT2D eigenvalue weighted by atomic mass is 16.5. The number of nitrogens with zero attached hydrogens (tertiary/aromatic N) is 1. The number of ether oxygens (including phenoxy) is 1.